The first-order valence-electron chi connectivity index (χ1n) is 8.33. The second-order valence-electron chi connectivity index (χ2n) is 6.27. The van der Waals surface area contributed by atoms with Crippen molar-refractivity contribution in [2.75, 3.05) is 6.61 Å². The van der Waals surface area contributed by atoms with Gasteiger partial charge in [-0.15, -0.1) is 6.42 Å². The highest BCUT2D eigenvalue weighted by molar-refractivity contribution is 5.92. The average Bonchev–Trinajstić information content (AvgIpc) is 3.10. The number of hydrogen-bond acceptors (Lipinski definition) is 5. The van der Waals surface area contributed by atoms with Crippen molar-refractivity contribution in [3.05, 3.63) is 41.1 Å². The van der Waals surface area contributed by atoms with E-state index in [4.69, 9.17) is 21.2 Å². The molecule has 0 aliphatic carbocycles. The molecular formula is C19H16N4O3. The zero-order chi connectivity index (χ0) is 18.1. The highest BCUT2D eigenvalue weighted by atomic mass is 16.5. The third-order valence-electron chi connectivity index (χ3n) is 4.46. The first-order chi connectivity index (χ1) is 12.7. The molecule has 26 heavy (non-hydrogen) atoms. The number of nitriles is 1. The van der Waals surface area contributed by atoms with Crippen molar-refractivity contribution in [1.82, 2.24) is 15.1 Å². The molecule has 2 atom stereocenters. The van der Waals surface area contributed by atoms with E-state index in [9.17, 15) is 4.79 Å². The van der Waals surface area contributed by atoms with Crippen molar-refractivity contribution in [2.45, 2.75) is 31.5 Å². The predicted octanol–water partition coefficient (Wildman–Crippen LogP) is 1.27. The number of aromatic nitrogens is 2. The molecule has 7 nitrogen and oxygen atoms in total. The van der Waals surface area contributed by atoms with E-state index in [0.29, 0.717) is 37.4 Å². The van der Waals surface area contributed by atoms with Crippen molar-refractivity contribution in [3.63, 3.8) is 0 Å². The Hall–Kier alpha value is -3.45. The van der Waals surface area contributed by atoms with Crippen molar-refractivity contribution in [1.29, 1.82) is 5.26 Å². The molecule has 1 amide bonds. The summed E-state index contributed by atoms with van der Waals surface area (Å²) >= 11 is 0. The van der Waals surface area contributed by atoms with E-state index in [1.807, 2.05) is 0 Å². The van der Waals surface area contributed by atoms with E-state index >= 15 is 0 Å². The minimum atomic E-state index is -0.291. The van der Waals surface area contributed by atoms with Gasteiger partial charge in [-0.2, -0.15) is 10.4 Å². The lowest BCUT2D eigenvalue weighted by atomic mass is 10.0. The molecule has 0 radical (unpaired) electrons. The Bertz CT molecular complexity index is 951. The molecule has 1 aromatic heterocycles. The Morgan fingerprint density at radius 1 is 1.42 bits per heavy atom. The number of hydrogen-bond donors (Lipinski definition) is 1. The normalized spacial score (nSPS) is 20.4. The van der Waals surface area contributed by atoms with Crippen LogP contribution in [0.2, 0.25) is 0 Å². The van der Waals surface area contributed by atoms with Gasteiger partial charge in [-0.3, -0.25) is 4.79 Å². The highest BCUT2D eigenvalue weighted by Gasteiger charge is 2.26. The standard InChI is InChI=1S/C19H16N4O3/c1-2-15-5-6-23-18(26-15)9-16(22-23)19(24)21-14-8-13-7-12(10-20)3-4-17(13)25-11-14/h1,3-4,7,9,14-15H,5-6,8,11H2,(H,21,24)/t14-,15?/m1/s1. The van der Waals surface area contributed by atoms with Crippen molar-refractivity contribution < 1.29 is 14.3 Å². The predicted molar refractivity (Wildman–Crippen MR) is 91.7 cm³/mol. The SMILES string of the molecule is C#CC1CCn2nc(C(=O)N[C@H]3COc4ccc(C#N)cc4C3)cc2O1. The van der Waals surface area contributed by atoms with Gasteiger partial charge < -0.3 is 14.8 Å². The molecule has 0 saturated carbocycles. The van der Waals surface area contributed by atoms with Gasteiger partial charge in [0, 0.05) is 19.0 Å². The lowest BCUT2D eigenvalue weighted by molar-refractivity contribution is 0.0909. The summed E-state index contributed by atoms with van der Waals surface area (Å²) in [6.45, 7) is 0.988. The van der Waals surface area contributed by atoms with Crippen LogP contribution in [0.1, 0.15) is 28.0 Å². The molecule has 1 aromatic carbocycles. The Kier molecular flexibility index (Phi) is 3.98. The van der Waals surface area contributed by atoms with Gasteiger partial charge in [0.2, 0.25) is 5.88 Å². The summed E-state index contributed by atoms with van der Waals surface area (Å²) in [5.41, 5.74) is 1.76. The van der Waals surface area contributed by atoms with Crippen LogP contribution in [-0.4, -0.2) is 34.4 Å². The maximum atomic E-state index is 12.5. The minimum Gasteiger partial charge on any atom is -0.491 e. The van der Waals surface area contributed by atoms with Crippen LogP contribution in [0.4, 0.5) is 0 Å². The van der Waals surface area contributed by atoms with Crippen molar-refractivity contribution in [3.8, 4) is 30.0 Å². The second-order valence-corrected chi connectivity index (χ2v) is 6.27. The van der Waals surface area contributed by atoms with Gasteiger partial charge in [0.25, 0.3) is 5.91 Å². The van der Waals surface area contributed by atoms with Crippen LogP contribution < -0.4 is 14.8 Å². The molecule has 2 aliphatic heterocycles. The average molecular weight is 348 g/mol. The van der Waals surface area contributed by atoms with Crippen LogP contribution in [0.3, 0.4) is 0 Å². The molecule has 1 N–H and O–H groups in total. The fourth-order valence-electron chi connectivity index (χ4n) is 3.14. The fourth-order valence-corrected chi connectivity index (χ4v) is 3.14. The summed E-state index contributed by atoms with van der Waals surface area (Å²) in [6, 6.07) is 8.81. The van der Waals surface area contributed by atoms with Crippen LogP contribution in [-0.2, 0) is 13.0 Å². The lowest BCUT2D eigenvalue weighted by Crippen LogP contribution is -2.42. The second kappa shape index (κ2) is 6.45. The summed E-state index contributed by atoms with van der Waals surface area (Å²) in [6.07, 6.45) is 6.37. The monoisotopic (exact) mass is 348 g/mol. The molecule has 2 aliphatic rings. The maximum absolute atomic E-state index is 12.5. The van der Waals surface area contributed by atoms with Gasteiger partial charge in [0.15, 0.2) is 11.8 Å². The van der Waals surface area contributed by atoms with E-state index in [2.05, 4.69) is 22.4 Å². The molecule has 0 saturated heterocycles. The number of carbonyl (C=O) groups excluding carboxylic acids is 1. The zero-order valence-electron chi connectivity index (χ0n) is 13.9. The third-order valence-corrected chi connectivity index (χ3v) is 4.46. The number of fused-ring (bicyclic) bond motifs is 2. The van der Waals surface area contributed by atoms with Gasteiger partial charge in [0.05, 0.1) is 17.7 Å². The first-order valence-corrected chi connectivity index (χ1v) is 8.33. The topological polar surface area (TPSA) is 89.2 Å². The van der Waals surface area contributed by atoms with E-state index in [1.165, 1.54) is 0 Å². The Labute approximate surface area is 150 Å². The largest absolute Gasteiger partial charge is 0.491 e. The molecule has 130 valence electrons. The number of aryl methyl sites for hydroxylation is 1. The lowest BCUT2D eigenvalue weighted by Gasteiger charge is -2.25. The number of nitrogens with one attached hydrogen (secondary N) is 1. The quantitative estimate of drug-likeness (QED) is 0.826. The van der Waals surface area contributed by atoms with Gasteiger partial charge in [0.1, 0.15) is 12.4 Å². The van der Waals surface area contributed by atoms with Crippen LogP contribution >= 0.6 is 0 Å². The highest BCUT2D eigenvalue weighted by Crippen LogP contribution is 2.26. The molecule has 7 heteroatoms. The summed E-state index contributed by atoms with van der Waals surface area (Å²) in [5, 5.41) is 16.2. The number of rotatable bonds is 2. The molecule has 1 unspecified atom stereocenters. The van der Waals surface area contributed by atoms with Crippen LogP contribution in [0.25, 0.3) is 0 Å². The summed E-state index contributed by atoms with van der Waals surface area (Å²) in [7, 11) is 0. The maximum Gasteiger partial charge on any atom is 0.272 e. The van der Waals surface area contributed by atoms with E-state index < -0.39 is 0 Å². The molecule has 3 heterocycles. The summed E-state index contributed by atoms with van der Waals surface area (Å²) in [4.78, 5) is 12.5. The first kappa shape index (κ1) is 16.0. The summed E-state index contributed by atoms with van der Waals surface area (Å²) < 4.78 is 12.9. The Morgan fingerprint density at radius 2 is 2.31 bits per heavy atom. The van der Waals surface area contributed by atoms with E-state index in [0.717, 1.165) is 11.3 Å². The van der Waals surface area contributed by atoms with E-state index in [1.54, 1.807) is 28.9 Å². The molecule has 4 rings (SSSR count). The Morgan fingerprint density at radius 3 is 3.12 bits per heavy atom. The van der Waals surface area contributed by atoms with Crippen LogP contribution in [0.5, 0.6) is 11.6 Å². The molecular weight excluding hydrogens is 332 g/mol. The van der Waals surface area contributed by atoms with Crippen LogP contribution in [0.15, 0.2) is 24.3 Å². The van der Waals surface area contributed by atoms with Gasteiger partial charge in [-0.05, 0) is 30.2 Å². The smallest absolute Gasteiger partial charge is 0.272 e. The van der Waals surface area contributed by atoms with Crippen molar-refractivity contribution in [2.24, 2.45) is 0 Å². The number of carbonyl (C=O) groups is 1. The number of terminal acetylenes is 1. The fraction of sp³-hybridized carbons (Fsp3) is 0.316. The van der Waals surface area contributed by atoms with Crippen molar-refractivity contribution >= 4 is 5.91 Å². The molecule has 0 bridgehead atoms. The number of amides is 1. The van der Waals surface area contributed by atoms with Gasteiger partial charge in [-0.25, -0.2) is 4.68 Å². The minimum absolute atomic E-state index is 0.193. The van der Waals surface area contributed by atoms with Gasteiger partial charge >= 0.3 is 0 Å². The Balaban J connectivity index is 1.45. The number of nitrogens with zero attached hydrogens (tertiary/aromatic N) is 3. The summed E-state index contributed by atoms with van der Waals surface area (Å²) in [5.74, 6) is 3.53. The molecule has 0 fully saturated rings. The van der Waals surface area contributed by atoms with Crippen LogP contribution in [0, 0.1) is 23.7 Å². The van der Waals surface area contributed by atoms with Gasteiger partial charge in [-0.1, -0.05) is 5.92 Å². The molecule has 2 aromatic rings. The third kappa shape index (κ3) is 2.96. The number of benzene rings is 1. The zero-order valence-corrected chi connectivity index (χ0v) is 13.9. The van der Waals surface area contributed by atoms with E-state index in [-0.39, 0.29) is 23.7 Å². The molecule has 0 spiro atoms. The number of ether oxygens (including phenoxy) is 2.